The molecule has 4 rings (SSSR count). The molecule has 6 unspecified atom stereocenters. The molecule has 9 nitrogen and oxygen atoms in total. The fourth-order valence-corrected chi connectivity index (χ4v) is 5.83. The van der Waals surface area contributed by atoms with Crippen LogP contribution in [-0.2, 0) is 42.9 Å². The monoisotopic (exact) mass is 480 g/mol. The molecule has 3 aliphatic carbocycles. The normalized spacial score (nSPS) is 33.4. The van der Waals surface area contributed by atoms with Crippen LogP contribution in [0.15, 0.2) is 0 Å². The van der Waals surface area contributed by atoms with Gasteiger partial charge in [0.05, 0.1) is 11.5 Å². The number of fused-ring (bicyclic) bond motifs is 1. The zero-order chi connectivity index (χ0) is 24.7. The van der Waals surface area contributed by atoms with Crippen molar-refractivity contribution in [1.82, 2.24) is 0 Å². The third kappa shape index (κ3) is 4.43. The van der Waals surface area contributed by atoms with E-state index < -0.39 is 59.8 Å². The predicted octanol–water partition coefficient (Wildman–Crippen LogP) is 3.07. The van der Waals surface area contributed by atoms with Gasteiger partial charge in [0.25, 0.3) is 0 Å². The number of ether oxygens (including phenoxy) is 5. The Balaban J connectivity index is 1.30. The number of hydrogen-bond donors (Lipinski definition) is 0. The van der Waals surface area contributed by atoms with Crippen LogP contribution in [0.3, 0.4) is 0 Å². The molecule has 0 aromatic rings. The van der Waals surface area contributed by atoms with Gasteiger partial charge in [0.1, 0.15) is 12.2 Å². The molecule has 4 aliphatic rings. The topological polar surface area (TPSA) is 114 Å². The third-order valence-corrected chi connectivity index (χ3v) is 8.16. The Bertz CT molecular complexity index is 830. The first-order chi connectivity index (χ1) is 16.1. The van der Waals surface area contributed by atoms with Gasteiger partial charge in [0, 0.05) is 11.8 Å². The Morgan fingerprint density at radius 2 is 1.88 bits per heavy atom. The Morgan fingerprint density at radius 3 is 2.56 bits per heavy atom. The minimum atomic E-state index is -1.44. The Hall–Kier alpha value is -2.16. The van der Waals surface area contributed by atoms with E-state index in [1.165, 1.54) is 6.42 Å². The molecule has 0 N–H and O–H groups in total. The molecule has 1 aliphatic heterocycles. The first kappa shape index (κ1) is 24.9. The lowest BCUT2D eigenvalue weighted by atomic mass is 9.73. The fraction of sp³-hybridized carbons (Fsp3) is 0.840. The van der Waals surface area contributed by atoms with Crippen molar-refractivity contribution >= 4 is 23.9 Å². The molecule has 1 heterocycles. The summed E-state index contributed by atoms with van der Waals surface area (Å²) >= 11 is 0. The van der Waals surface area contributed by atoms with Crippen molar-refractivity contribution in [2.24, 2.45) is 22.7 Å². The highest BCUT2D eigenvalue weighted by atomic mass is 16.7. The molecule has 0 spiro atoms. The first-order valence-electron chi connectivity index (χ1n) is 12.5. The quantitative estimate of drug-likeness (QED) is 0.212. The van der Waals surface area contributed by atoms with Crippen LogP contribution in [0.2, 0.25) is 0 Å². The van der Waals surface area contributed by atoms with Crippen molar-refractivity contribution in [2.45, 2.75) is 104 Å². The van der Waals surface area contributed by atoms with Gasteiger partial charge in [-0.25, -0.2) is 4.79 Å². The van der Waals surface area contributed by atoms with E-state index >= 15 is 0 Å². The van der Waals surface area contributed by atoms with Gasteiger partial charge in [-0.2, -0.15) is 0 Å². The Labute approximate surface area is 200 Å². The SMILES string of the molecule is CCC(C)(C)C(=O)OC1C2CC3C1OC(=O)C3(C(=O)OCC(=O)OC(C)OC1CCCCC1)C2. The summed E-state index contributed by atoms with van der Waals surface area (Å²) in [6.07, 6.45) is 4.73. The van der Waals surface area contributed by atoms with Crippen molar-refractivity contribution in [3.8, 4) is 0 Å². The first-order valence-corrected chi connectivity index (χ1v) is 12.5. The van der Waals surface area contributed by atoms with Gasteiger partial charge in [0.15, 0.2) is 12.0 Å². The van der Waals surface area contributed by atoms with E-state index in [0.717, 1.165) is 25.7 Å². The van der Waals surface area contributed by atoms with Crippen LogP contribution in [0.1, 0.15) is 79.1 Å². The van der Waals surface area contributed by atoms with Crippen LogP contribution < -0.4 is 0 Å². The van der Waals surface area contributed by atoms with Crippen LogP contribution in [0.4, 0.5) is 0 Å². The minimum Gasteiger partial charge on any atom is -0.458 e. The van der Waals surface area contributed by atoms with Gasteiger partial charge < -0.3 is 23.7 Å². The average Bonchev–Trinajstić information content (AvgIpc) is 3.40. The average molecular weight is 481 g/mol. The van der Waals surface area contributed by atoms with Gasteiger partial charge in [0.2, 0.25) is 6.29 Å². The van der Waals surface area contributed by atoms with Gasteiger partial charge in [-0.15, -0.1) is 0 Å². The summed E-state index contributed by atoms with van der Waals surface area (Å²) in [5, 5.41) is 0. The Kier molecular flexibility index (Phi) is 6.95. The van der Waals surface area contributed by atoms with E-state index in [4.69, 9.17) is 23.7 Å². The molecular weight excluding hydrogens is 444 g/mol. The molecule has 0 radical (unpaired) electrons. The highest BCUT2D eigenvalue weighted by Gasteiger charge is 2.75. The van der Waals surface area contributed by atoms with Gasteiger partial charge >= 0.3 is 23.9 Å². The lowest BCUT2D eigenvalue weighted by Gasteiger charge is -2.32. The summed E-state index contributed by atoms with van der Waals surface area (Å²) < 4.78 is 27.5. The summed E-state index contributed by atoms with van der Waals surface area (Å²) in [4.78, 5) is 50.6. The number of carbonyl (C=O) groups excluding carboxylic acids is 4. The van der Waals surface area contributed by atoms with Gasteiger partial charge in [-0.05, 0) is 52.9 Å². The minimum absolute atomic E-state index is 0.0715. The lowest BCUT2D eigenvalue weighted by molar-refractivity contribution is -0.195. The van der Waals surface area contributed by atoms with E-state index in [2.05, 4.69) is 0 Å². The van der Waals surface area contributed by atoms with Crippen molar-refractivity contribution in [3.05, 3.63) is 0 Å². The standard InChI is InChI=1S/C25H36O9/c1-5-24(3,4)21(27)33-19-15-11-17-20(19)34-23(29)25(17,12-15)22(28)30-13-18(26)32-14(2)31-16-9-7-6-8-10-16/h14-17,19-20H,5-13H2,1-4H3. The molecular formula is C25H36O9. The highest BCUT2D eigenvalue weighted by Crippen LogP contribution is 2.63. The van der Waals surface area contributed by atoms with E-state index in [1.54, 1.807) is 6.92 Å². The third-order valence-electron chi connectivity index (χ3n) is 8.16. The van der Waals surface area contributed by atoms with Crippen LogP contribution >= 0.6 is 0 Å². The number of carbonyl (C=O) groups is 4. The molecule has 0 amide bonds. The summed E-state index contributed by atoms with van der Waals surface area (Å²) in [5.41, 5.74) is -2.08. The highest BCUT2D eigenvalue weighted by molar-refractivity contribution is 6.03. The molecule has 6 atom stereocenters. The fourth-order valence-electron chi connectivity index (χ4n) is 5.83. The molecule has 9 heteroatoms. The second-order valence-corrected chi connectivity index (χ2v) is 10.8. The van der Waals surface area contributed by atoms with E-state index in [9.17, 15) is 19.2 Å². The van der Waals surface area contributed by atoms with Gasteiger partial charge in [-0.1, -0.05) is 26.2 Å². The van der Waals surface area contributed by atoms with Crippen LogP contribution in [-0.4, -0.2) is 55.1 Å². The van der Waals surface area contributed by atoms with Crippen LogP contribution in [0, 0.1) is 22.7 Å². The second kappa shape index (κ2) is 9.47. The van der Waals surface area contributed by atoms with E-state index in [0.29, 0.717) is 12.8 Å². The smallest absolute Gasteiger partial charge is 0.346 e. The molecule has 34 heavy (non-hydrogen) atoms. The summed E-state index contributed by atoms with van der Waals surface area (Å²) in [7, 11) is 0. The molecule has 1 saturated heterocycles. The molecule has 0 aromatic carbocycles. The molecule has 2 bridgehead atoms. The van der Waals surface area contributed by atoms with Crippen molar-refractivity contribution < 1.29 is 42.9 Å². The molecule has 0 aromatic heterocycles. The zero-order valence-electron chi connectivity index (χ0n) is 20.5. The van der Waals surface area contributed by atoms with Crippen LogP contribution in [0.25, 0.3) is 0 Å². The largest absolute Gasteiger partial charge is 0.458 e. The van der Waals surface area contributed by atoms with Crippen molar-refractivity contribution in [3.63, 3.8) is 0 Å². The van der Waals surface area contributed by atoms with Gasteiger partial charge in [-0.3, -0.25) is 14.4 Å². The maximum Gasteiger partial charge on any atom is 0.346 e. The number of esters is 4. The van der Waals surface area contributed by atoms with E-state index in [1.807, 2.05) is 20.8 Å². The van der Waals surface area contributed by atoms with E-state index in [-0.39, 0.29) is 24.4 Å². The molecule has 4 fully saturated rings. The molecule has 190 valence electrons. The maximum atomic E-state index is 13.0. The summed E-state index contributed by atoms with van der Waals surface area (Å²) in [6, 6.07) is 0. The van der Waals surface area contributed by atoms with Crippen molar-refractivity contribution in [2.75, 3.05) is 6.61 Å². The lowest BCUT2D eigenvalue weighted by Crippen LogP contribution is -2.46. The number of hydrogen-bond acceptors (Lipinski definition) is 9. The zero-order valence-corrected chi connectivity index (χ0v) is 20.5. The van der Waals surface area contributed by atoms with Crippen LogP contribution in [0.5, 0.6) is 0 Å². The van der Waals surface area contributed by atoms with Crippen molar-refractivity contribution in [1.29, 1.82) is 0 Å². The number of rotatable bonds is 9. The maximum absolute atomic E-state index is 13.0. The summed E-state index contributed by atoms with van der Waals surface area (Å²) in [5.74, 6) is -3.09. The second-order valence-electron chi connectivity index (χ2n) is 10.8. The summed E-state index contributed by atoms with van der Waals surface area (Å²) in [6.45, 7) is 6.57. The molecule has 3 saturated carbocycles. The Morgan fingerprint density at radius 1 is 1.18 bits per heavy atom. The predicted molar refractivity (Wildman–Crippen MR) is 117 cm³/mol.